The lowest BCUT2D eigenvalue weighted by Gasteiger charge is -2.39. The maximum absolute atomic E-state index is 15.3. The first-order chi connectivity index (χ1) is 27.7. The number of fused-ring (bicyclic) bond motifs is 3. The largest absolute Gasteiger partial charge is 0.497 e. The summed E-state index contributed by atoms with van der Waals surface area (Å²) in [5.74, 6) is -1.22. The van der Waals surface area contributed by atoms with Crippen molar-refractivity contribution in [3.05, 3.63) is 83.4 Å². The number of rotatable bonds is 13. The zero-order valence-corrected chi connectivity index (χ0v) is 35.1. The molecule has 0 bridgehead atoms. The summed E-state index contributed by atoms with van der Waals surface area (Å²) >= 11 is 0. The van der Waals surface area contributed by atoms with Crippen LogP contribution < -0.4 is 19.7 Å². The number of benzene rings is 3. The van der Waals surface area contributed by atoms with Crippen LogP contribution in [0.4, 0.5) is 11.4 Å². The van der Waals surface area contributed by atoms with Crippen molar-refractivity contribution in [3.63, 3.8) is 0 Å². The van der Waals surface area contributed by atoms with E-state index < -0.39 is 43.9 Å². The highest BCUT2D eigenvalue weighted by Gasteiger charge is 2.66. The van der Waals surface area contributed by atoms with E-state index in [1.54, 1.807) is 35.1 Å². The fourth-order valence-corrected chi connectivity index (χ4v) is 13.8. The monoisotopic (exact) mass is 811 g/mol. The van der Waals surface area contributed by atoms with Crippen molar-refractivity contribution in [3.8, 4) is 5.75 Å². The second-order valence-corrected chi connectivity index (χ2v) is 21.1. The average Bonchev–Trinajstić information content (AvgIpc) is 3.63. The molecular weight excluding hydrogens is 759 g/mol. The van der Waals surface area contributed by atoms with Crippen molar-refractivity contribution in [2.45, 2.75) is 102 Å². The number of carbonyl (C=O) groups is 5. The van der Waals surface area contributed by atoms with E-state index >= 15 is 4.79 Å². The number of ether oxygens (including phenoxy) is 4. The lowest BCUT2D eigenvalue weighted by Crippen LogP contribution is -2.55. The van der Waals surface area contributed by atoms with Crippen LogP contribution in [0.5, 0.6) is 5.75 Å². The van der Waals surface area contributed by atoms with E-state index in [1.807, 2.05) is 43.3 Å². The van der Waals surface area contributed by atoms with Crippen LogP contribution in [-0.4, -0.2) is 93.5 Å². The molecule has 13 nitrogen and oxygen atoms in total. The summed E-state index contributed by atoms with van der Waals surface area (Å²) in [6.07, 6.45) is 0.322. The van der Waals surface area contributed by atoms with Gasteiger partial charge in [-0.2, -0.15) is 0 Å². The zero-order valence-electron chi connectivity index (χ0n) is 34.1. The van der Waals surface area contributed by atoms with E-state index in [0.29, 0.717) is 49.3 Å². The van der Waals surface area contributed by atoms with Gasteiger partial charge >= 0.3 is 11.9 Å². The van der Waals surface area contributed by atoms with Gasteiger partial charge in [0.25, 0.3) is 5.91 Å². The minimum Gasteiger partial charge on any atom is -0.497 e. The lowest BCUT2D eigenvalue weighted by molar-refractivity contribution is -0.154. The first-order valence-electron chi connectivity index (χ1n) is 20.1. The van der Waals surface area contributed by atoms with E-state index in [9.17, 15) is 24.3 Å². The van der Waals surface area contributed by atoms with Gasteiger partial charge in [0.1, 0.15) is 5.75 Å². The van der Waals surface area contributed by atoms with Crippen LogP contribution in [0.2, 0.25) is 18.6 Å². The zero-order chi connectivity index (χ0) is 41.5. The normalized spacial score (nSPS) is 25.0. The minimum absolute atomic E-state index is 0.0113. The molecule has 2 saturated heterocycles. The number of aliphatic hydroxyl groups excluding tert-OH is 1. The van der Waals surface area contributed by atoms with Crippen molar-refractivity contribution in [1.82, 2.24) is 4.90 Å². The molecule has 1 unspecified atom stereocenters. The summed E-state index contributed by atoms with van der Waals surface area (Å²) < 4.78 is 23.1. The molecule has 2 fully saturated rings. The topological polar surface area (TPSA) is 152 Å². The van der Waals surface area contributed by atoms with Crippen molar-refractivity contribution >= 4 is 54.3 Å². The second-order valence-electron chi connectivity index (χ2n) is 16.4. The molecule has 0 aromatic heterocycles. The smallest absolute Gasteiger partial charge is 0.305 e. The maximum atomic E-state index is 15.3. The SMILES string of the molecule is COC(=O)CCCCN1C(=O)[C@]2(O[C@H](CC(=O)N3Cc4ccccc4C[C@H]3CO)[C@@H]([Si](C)(C)c3ccc(OC)cc3)[C@@H]2C)c2cc(N3C(=O)CC3OC(C)=O)ccc21. The Morgan fingerprint density at radius 1 is 0.966 bits per heavy atom. The van der Waals surface area contributed by atoms with E-state index in [-0.39, 0.29) is 55.1 Å². The molecule has 0 saturated carbocycles. The van der Waals surface area contributed by atoms with Crippen molar-refractivity contribution in [2.75, 3.05) is 37.2 Å². The van der Waals surface area contributed by atoms with Crippen LogP contribution in [0.3, 0.4) is 0 Å². The number of aliphatic hydroxyl groups is 1. The molecule has 3 aromatic carbocycles. The third kappa shape index (κ3) is 7.19. The second kappa shape index (κ2) is 16.3. The number of methoxy groups -OCH3 is 2. The van der Waals surface area contributed by atoms with Gasteiger partial charge in [0.15, 0.2) is 11.8 Å². The van der Waals surface area contributed by atoms with Gasteiger partial charge in [-0.05, 0) is 66.3 Å². The van der Waals surface area contributed by atoms with Gasteiger partial charge in [-0.3, -0.25) is 28.9 Å². The molecule has 3 amide bonds. The van der Waals surface area contributed by atoms with Crippen LogP contribution in [0.25, 0.3) is 0 Å². The molecular formula is C44H53N3O10Si. The standard InChI is InChI=1S/C44H53N3O10Si/c1-27-42(58(5,6)34-17-15-33(54-3)16-18-34)37(23-38(50)46-25-30-12-8-7-11-29(30)21-32(46)26-48)57-44(27)35-22-31(47-39(51)24-40(47)56-28(2)49)14-19-36(35)45(43(44)53)20-10-9-13-41(52)55-4/h7-8,11-12,14-19,22,27,32,37,40,42,48H,9-10,13,20-21,23-26H2,1-6H3/t27-,32-,37+,40?,42-,44+/m0/s1. The highest BCUT2D eigenvalue weighted by Crippen LogP contribution is 2.60. The maximum Gasteiger partial charge on any atom is 0.305 e. The number of esters is 2. The van der Waals surface area contributed by atoms with E-state index in [0.717, 1.165) is 22.1 Å². The molecule has 0 radical (unpaired) electrons. The van der Waals surface area contributed by atoms with E-state index in [2.05, 4.69) is 25.2 Å². The van der Waals surface area contributed by atoms with Crippen LogP contribution >= 0.6 is 0 Å². The summed E-state index contributed by atoms with van der Waals surface area (Å²) in [4.78, 5) is 71.8. The number of carbonyl (C=O) groups excluding carboxylic acids is 5. The fourth-order valence-electron chi connectivity index (χ4n) is 9.83. The van der Waals surface area contributed by atoms with Gasteiger partial charge < -0.3 is 33.9 Å². The molecule has 4 aliphatic rings. The third-order valence-corrected chi connectivity index (χ3v) is 17.2. The van der Waals surface area contributed by atoms with Gasteiger partial charge in [-0.25, -0.2) is 0 Å². The number of anilines is 2. The van der Waals surface area contributed by atoms with Crippen LogP contribution in [0, 0.1) is 5.92 Å². The summed E-state index contributed by atoms with van der Waals surface area (Å²) in [6, 6.07) is 20.9. The third-order valence-electron chi connectivity index (χ3n) is 12.8. The number of β-lactam (4-membered cyclic amide) rings is 1. The van der Waals surface area contributed by atoms with Gasteiger partial charge in [0.2, 0.25) is 11.8 Å². The van der Waals surface area contributed by atoms with Gasteiger partial charge in [-0.15, -0.1) is 0 Å². The van der Waals surface area contributed by atoms with Gasteiger partial charge in [0.05, 0.1) is 59.6 Å². The van der Waals surface area contributed by atoms with Gasteiger partial charge in [0, 0.05) is 43.6 Å². The number of nitrogens with zero attached hydrogens (tertiary/aromatic N) is 3. The average molecular weight is 812 g/mol. The quantitative estimate of drug-likeness (QED) is 0.113. The first-order valence-corrected chi connectivity index (χ1v) is 23.1. The molecule has 6 atom stereocenters. The van der Waals surface area contributed by atoms with Crippen molar-refractivity contribution in [2.24, 2.45) is 5.92 Å². The highest BCUT2D eigenvalue weighted by molar-refractivity contribution is 6.91. The molecule has 4 heterocycles. The molecule has 0 aliphatic carbocycles. The Bertz CT molecular complexity index is 2090. The Kier molecular flexibility index (Phi) is 11.6. The van der Waals surface area contributed by atoms with Crippen molar-refractivity contribution in [1.29, 1.82) is 0 Å². The Hall–Kier alpha value is -5.05. The molecule has 4 aliphatic heterocycles. The Balaban J connectivity index is 1.31. The van der Waals surface area contributed by atoms with Crippen LogP contribution in [0.15, 0.2) is 66.7 Å². The van der Waals surface area contributed by atoms with Gasteiger partial charge in [-0.1, -0.05) is 61.6 Å². The van der Waals surface area contributed by atoms with E-state index in [1.165, 1.54) is 18.9 Å². The molecule has 1 spiro atoms. The van der Waals surface area contributed by atoms with Crippen LogP contribution in [-0.2, 0) is 56.7 Å². The molecule has 14 heteroatoms. The predicted octanol–water partition coefficient (Wildman–Crippen LogP) is 4.56. The summed E-state index contributed by atoms with van der Waals surface area (Å²) in [5.41, 5.74) is 2.02. The molecule has 7 rings (SSSR count). The van der Waals surface area contributed by atoms with E-state index in [4.69, 9.17) is 18.9 Å². The summed E-state index contributed by atoms with van der Waals surface area (Å²) in [5, 5.41) is 11.6. The predicted molar refractivity (Wildman–Crippen MR) is 218 cm³/mol. The van der Waals surface area contributed by atoms with Crippen LogP contribution in [0.1, 0.15) is 62.6 Å². The minimum atomic E-state index is -2.64. The fraction of sp³-hybridized carbons (Fsp3) is 0.477. The highest BCUT2D eigenvalue weighted by atomic mass is 28.3. The Morgan fingerprint density at radius 3 is 2.34 bits per heavy atom. The number of hydrogen-bond acceptors (Lipinski definition) is 10. The number of unbranched alkanes of at least 4 members (excludes halogenated alkanes) is 1. The molecule has 308 valence electrons. The molecule has 58 heavy (non-hydrogen) atoms. The Morgan fingerprint density at radius 2 is 1.69 bits per heavy atom. The summed E-state index contributed by atoms with van der Waals surface area (Å²) in [6.45, 7) is 8.29. The number of amides is 3. The first kappa shape index (κ1) is 41.1. The van der Waals surface area contributed by atoms with Crippen molar-refractivity contribution < 1.29 is 48.0 Å². The molecule has 3 aromatic rings. The molecule has 1 N–H and O–H groups in total. The summed E-state index contributed by atoms with van der Waals surface area (Å²) in [7, 11) is 0.329. The number of hydrogen-bond donors (Lipinski definition) is 1. The lowest BCUT2D eigenvalue weighted by atomic mass is 9.82. The Labute approximate surface area is 340 Å².